The second kappa shape index (κ2) is 5.96. The number of piperidine rings is 1. The number of hydrogen-bond donors (Lipinski definition) is 1. The van der Waals surface area contributed by atoms with Gasteiger partial charge in [-0.25, -0.2) is 0 Å². The summed E-state index contributed by atoms with van der Waals surface area (Å²) in [5.74, 6) is -1.92. The van der Waals surface area contributed by atoms with Crippen LogP contribution in [-0.4, -0.2) is 34.0 Å². The zero-order valence-corrected chi connectivity index (χ0v) is 10.8. The summed E-state index contributed by atoms with van der Waals surface area (Å²) < 4.78 is 13.5. The second-order valence-electron chi connectivity index (χ2n) is 4.93. The van der Waals surface area contributed by atoms with Crippen molar-refractivity contribution >= 4 is 11.7 Å². The molecule has 2 rings (SSSR count). The Morgan fingerprint density at radius 3 is 2.60 bits per heavy atom. The summed E-state index contributed by atoms with van der Waals surface area (Å²) in [6.07, 6.45) is 1.15. The molecule has 6 nitrogen and oxygen atoms in total. The minimum Gasteiger partial charge on any atom is -0.481 e. The van der Waals surface area contributed by atoms with Gasteiger partial charge in [0.05, 0.1) is 10.8 Å². The Morgan fingerprint density at radius 2 is 2.10 bits per heavy atom. The first kappa shape index (κ1) is 14.4. The van der Waals surface area contributed by atoms with E-state index >= 15 is 0 Å². The molecule has 108 valence electrons. The first-order chi connectivity index (χ1) is 9.47. The molecule has 1 fully saturated rings. The average Bonchev–Trinajstić information content (AvgIpc) is 2.39. The first-order valence-corrected chi connectivity index (χ1v) is 6.35. The zero-order valence-electron chi connectivity index (χ0n) is 10.8. The Kier molecular flexibility index (Phi) is 4.29. The third-order valence-electron chi connectivity index (χ3n) is 3.55. The molecule has 1 aliphatic heterocycles. The van der Waals surface area contributed by atoms with E-state index < -0.39 is 22.4 Å². The fourth-order valence-corrected chi connectivity index (χ4v) is 2.39. The molecule has 20 heavy (non-hydrogen) atoms. The predicted molar refractivity (Wildman–Crippen MR) is 68.7 cm³/mol. The lowest BCUT2D eigenvalue weighted by Crippen LogP contribution is -2.35. The van der Waals surface area contributed by atoms with E-state index in [2.05, 4.69) is 0 Å². The molecule has 0 aromatic heterocycles. The number of carbonyl (C=O) groups is 1. The van der Waals surface area contributed by atoms with E-state index in [0.717, 1.165) is 6.07 Å². The molecule has 1 aromatic carbocycles. The normalized spacial score (nSPS) is 17.1. The van der Waals surface area contributed by atoms with Gasteiger partial charge in [0.1, 0.15) is 0 Å². The quantitative estimate of drug-likeness (QED) is 0.674. The fraction of sp³-hybridized carbons (Fsp3) is 0.462. The largest absolute Gasteiger partial charge is 0.481 e. The molecule has 7 heteroatoms. The number of halogens is 1. The summed E-state index contributed by atoms with van der Waals surface area (Å²) in [4.78, 5) is 22.6. The van der Waals surface area contributed by atoms with E-state index in [1.54, 1.807) is 0 Å². The molecular formula is C13H15FN2O4. The number of benzene rings is 1. The van der Waals surface area contributed by atoms with Crippen molar-refractivity contribution in [3.63, 3.8) is 0 Å². The van der Waals surface area contributed by atoms with Crippen LogP contribution in [0.1, 0.15) is 18.4 Å². The highest BCUT2D eigenvalue weighted by molar-refractivity contribution is 5.70. The van der Waals surface area contributed by atoms with Crippen LogP contribution in [0.3, 0.4) is 0 Å². The highest BCUT2D eigenvalue weighted by Crippen LogP contribution is 2.22. The van der Waals surface area contributed by atoms with Crippen molar-refractivity contribution < 1.29 is 19.2 Å². The standard InChI is InChI=1S/C13H15FN2O4/c14-11-7-9(1-2-12(11)16(19)20)8-15-5-3-10(4-6-15)13(17)18/h1-2,7,10H,3-6,8H2,(H,17,18). The summed E-state index contributed by atoms with van der Waals surface area (Å²) in [6.45, 7) is 1.74. The van der Waals surface area contributed by atoms with Crippen LogP contribution in [0.2, 0.25) is 0 Å². The summed E-state index contributed by atoms with van der Waals surface area (Å²) >= 11 is 0. The van der Waals surface area contributed by atoms with Crippen LogP contribution < -0.4 is 0 Å². The lowest BCUT2D eigenvalue weighted by Gasteiger charge is -2.29. The number of carboxylic acid groups (broad SMARTS) is 1. The van der Waals surface area contributed by atoms with E-state index in [0.29, 0.717) is 38.0 Å². The van der Waals surface area contributed by atoms with Crippen molar-refractivity contribution in [3.8, 4) is 0 Å². The third kappa shape index (κ3) is 3.30. The predicted octanol–water partition coefficient (Wildman–Crippen LogP) is 2.03. The van der Waals surface area contributed by atoms with Crippen LogP contribution in [0.15, 0.2) is 18.2 Å². The molecule has 1 heterocycles. The Balaban J connectivity index is 1.96. The van der Waals surface area contributed by atoms with Crippen LogP contribution in [0, 0.1) is 21.8 Å². The van der Waals surface area contributed by atoms with Gasteiger partial charge in [-0.3, -0.25) is 19.8 Å². The first-order valence-electron chi connectivity index (χ1n) is 6.35. The van der Waals surface area contributed by atoms with Gasteiger partial charge in [-0.15, -0.1) is 0 Å². The monoisotopic (exact) mass is 282 g/mol. The van der Waals surface area contributed by atoms with E-state index in [1.807, 2.05) is 4.90 Å². The molecule has 0 atom stereocenters. The van der Waals surface area contributed by atoms with Gasteiger partial charge in [-0.05, 0) is 37.6 Å². The van der Waals surface area contributed by atoms with E-state index in [-0.39, 0.29) is 5.92 Å². The van der Waals surface area contributed by atoms with Crippen LogP contribution in [0.25, 0.3) is 0 Å². The summed E-state index contributed by atoms with van der Waals surface area (Å²) in [5, 5.41) is 19.4. The molecule has 1 aromatic rings. The lowest BCUT2D eigenvalue weighted by molar-refractivity contribution is -0.387. The Morgan fingerprint density at radius 1 is 1.45 bits per heavy atom. The lowest BCUT2D eigenvalue weighted by atomic mass is 9.97. The van der Waals surface area contributed by atoms with Gasteiger partial charge in [-0.1, -0.05) is 6.07 Å². The molecule has 0 amide bonds. The third-order valence-corrected chi connectivity index (χ3v) is 3.55. The second-order valence-corrected chi connectivity index (χ2v) is 4.93. The van der Waals surface area contributed by atoms with Crippen LogP contribution in [0.4, 0.5) is 10.1 Å². The number of rotatable bonds is 4. The average molecular weight is 282 g/mol. The van der Waals surface area contributed by atoms with Gasteiger partial charge in [0.2, 0.25) is 5.82 Å². The van der Waals surface area contributed by atoms with Crippen LogP contribution >= 0.6 is 0 Å². The van der Waals surface area contributed by atoms with Crippen molar-refractivity contribution in [2.75, 3.05) is 13.1 Å². The summed E-state index contributed by atoms with van der Waals surface area (Å²) in [7, 11) is 0. The van der Waals surface area contributed by atoms with Crippen molar-refractivity contribution in [1.82, 2.24) is 4.90 Å². The van der Waals surface area contributed by atoms with Gasteiger partial charge in [0.15, 0.2) is 0 Å². The van der Waals surface area contributed by atoms with Crippen molar-refractivity contribution in [1.29, 1.82) is 0 Å². The van der Waals surface area contributed by atoms with Crippen LogP contribution in [-0.2, 0) is 11.3 Å². The molecular weight excluding hydrogens is 267 g/mol. The van der Waals surface area contributed by atoms with E-state index in [1.165, 1.54) is 12.1 Å². The molecule has 0 spiro atoms. The zero-order chi connectivity index (χ0) is 14.7. The minimum atomic E-state index is -0.840. The molecule has 0 unspecified atom stereocenters. The maximum Gasteiger partial charge on any atom is 0.306 e. The highest BCUT2D eigenvalue weighted by atomic mass is 19.1. The van der Waals surface area contributed by atoms with Crippen molar-refractivity contribution in [3.05, 3.63) is 39.7 Å². The van der Waals surface area contributed by atoms with E-state index in [4.69, 9.17) is 5.11 Å². The molecule has 0 saturated carbocycles. The number of hydrogen-bond acceptors (Lipinski definition) is 4. The van der Waals surface area contributed by atoms with Crippen molar-refractivity contribution in [2.24, 2.45) is 5.92 Å². The molecule has 0 aliphatic carbocycles. The Hall–Kier alpha value is -2.02. The molecule has 0 radical (unpaired) electrons. The maximum absolute atomic E-state index is 13.5. The maximum atomic E-state index is 13.5. The smallest absolute Gasteiger partial charge is 0.306 e. The number of aliphatic carboxylic acids is 1. The number of carboxylic acids is 1. The summed E-state index contributed by atoms with van der Waals surface area (Å²) in [5.41, 5.74) is 0.125. The highest BCUT2D eigenvalue weighted by Gasteiger charge is 2.24. The minimum absolute atomic E-state index is 0.306. The molecule has 1 aliphatic rings. The Bertz CT molecular complexity index is 527. The topological polar surface area (TPSA) is 83.7 Å². The molecule has 1 N–H and O–H groups in total. The van der Waals surface area contributed by atoms with Crippen LogP contribution in [0.5, 0.6) is 0 Å². The van der Waals surface area contributed by atoms with Gasteiger partial charge in [0, 0.05) is 12.6 Å². The van der Waals surface area contributed by atoms with Gasteiger partial charge in [-0.2, -0.15) is 4.39 Å². The molecule has 0 bridgehead atoms. The van der Waals surface area contributed by atoms with Crippen molar-refractivity contribution in [2.45, 2.75) is 19.4 Å². The van der Waals surface area contributed by atoms with Gasteiger partial charge < -0.3 is 5.11 Å². The van der Waals surface area contributed by atoms with E-state index in [9.17, 15) is 19.3 Å². The number of likely N-dealkylation sites (tertiary alicyclic amines) is 1. The number of nitro benzene ring substituents is 1. The summed E-state index contributed by atoms with van der Waals surface area (Å²) in [6, 6.07) is 3.86. The Labute approximate surface area is 115 Å². The van der Waals surface area contributed by atoms with Gasteiger partial charge >= 0.3 is 11.7 Å². The number of nitro groups is 1. The fourth-order valence-electron chi connectivity index (χ4n) is 2.39. The van der Waals surface area contributed by atoms with Gasteiger partial charge in [0.25, 0.3) is 0 Å². The SMILES string of the molecule is O=C(O)C1CCN(Cc2ccc([N+](=O)[O-])c(F)c2)CC1. The molecule has 1 saturated heterocycles. The number of nitrogens with zero attached hydrogens (tertiary/aromatic N) is 2.